The first-order valence-corrected chi connectivity index (χ1v) is 5.35. The lowest BCUT2D eigenvalue weighted by molar-refractivity contribution is -0.126. The van der Waals surface area contributed by atoms with Gasteiger partial charge in [-0.2, -0.15) is 0 Å². The molecule has 0 radical (unpaired) electrons. The van der Waals surface area contributed by atoms with E-state index >= 15 is 0 Å². The van der Waals surface area contributed by atoms with Crippen LogP contribution in [0.5, 0.6) is 0 Å². The molecule has 0 saturated carbocycles. The van der Waals surface area contributed by atoms with Crippen molar-refractivity contribution in [2.45, 2.75) is 37.5 Å². The van der Waals surface area contributed by atoms with Gasteiger partial charge in [0.15, 0.2) is 6.29 Å². The molecule has 0 spiro atoms. The fourth-order valence-corrected chi connectivity index (χ4v) is 1.80. The molecule has 0 aromatic carbocycles. The van der Waals surface area contributed by atoms with Crippen molar-refractivity contribution in [1.82, 2.24) is 5.32 Å². The van der Waals surface area contributed by atoms with Crippen molar-refractivity contribution in [1.29, 1.82) is 0 Å². The van der Waals surface area contributed by atoms with Crippen molar-refractivity contribution in [3.63, 3.8) is 0 Å². The van der Waals surface area contributed by atoms with Gasteiger partial charge in [0.05, 0.1) is 12.1 Å². The van der Waals surface area contributed by atoms with Gasteiger partial charge in [0, 0.05) is 23.3 Å². The van der Waals surface area contributed by atoms with Crippen LogP contribution in [-0.2, 0) is 9.53 Å². The van der Waals surface area contributed by atoms with Crippen LogP contribution >= 0.6 is 0 Å². The van der Waals surface area contributed by atoms with Crippen molar-refractivity contribution in [2.24, 2.45) is 10.2 Å². The Kier molecular flexibility index (Phi) is 5.37. The number of azide groups is 2. The summed E-state index contributed by atoms with van der Waals surface area (Å²) in [7, 11) is 0. The molecule has 2 unspecified atom stereocenters. The second kappa shape index (κ2) is 6.78. The molecule has 5 atom stereocenters. The second-order valence-corrected chi connectivity index (χ2v) is 3.89. The molecule has 11 heteroatoms. The summed E-state index contributed by atoms with van der Waals surface area (Å²) in [6.07, 6.45) is -3.80. The zero-order valence-electron chi connectivity index (χ0n) is 9.99. The Balaban J connectivity index is 2.84. The largest absolute Gasteiger partial charge is 0.388 e. The van der Waals surface area contributed by atoms with Crippen LogP contribution in [0.4, 0.5) is 0 Å². The molecule has 1 saturated heterocycles. The standard InChI is InChI=1S/C8H13N7O4/c1-3(16)12-5-6(17)7(19-8(5)18)4(13-15-10)2-11-14-9/h4-8,17-18H,2H2,1H3,(H,12,16)/t4?,5-,6?,7-,8+/m1/s1. The van der Waals surface area contributed by atoms with Crippen LogP contribution in [-0.4, -0.2) is 53.2 Å². The second-order valence-electron chi connectivity index (χ2n) is 3.89. The third kappa shape index (κ3) is 3.71. The van der Waals surface area contributed by atoms with E-state index in [-0.39, 0.29) is 6.54 Å². The number of carbonyl (C=O) groups is 1. The van der Waals surface area contributed by atoms with Gasteiger partial charge in [0.2, 0.25) is 5.91 Å². The third-order valence-electron chi connectivity index (χ3n) is 2.59. The minimum absolute atomic E-state index is 0.234. The highest BCUT2D eigenvalue weighted by Crippen LogP contribution is 2.24. The molecule has 0 bridgehead atoms. The Hall–Kier alpha value is -2.03. The molecule has 1 aliphatic rings. The summed E-state index contributed by atoms with van der Waals surface area (Å²) < 4.78 is 5.04. The number of aliphatic hydroxyl groups is 2. The number of nitrogens with one attached hydrogen (secondary N) is 1. The van der Waals surface area contributed by atoms with Crippen molar-refractivity contribution in [3.05, 3.63) is 20.9 Å². The van der Waals surface area contributed by atoms with Gasteiger partial charge in [-0.3, -0.25) is 4.79 Å². The van der Waals surface area contributed by atoms with Crippen molar-refractivity contribution in [3.8, 4) is 0 Å². The lowest BCUT2D eigenvalue weighted by Gasteiger charge is -2.21. The van der Waals surface area contributed by atoms with Crippen molar-refractivity contribution >= 4 is 5.91 Å². The Labute approximate surface area is 107 Å². The maximum atomic E-state index is 10.9. The summed E-state index contributed by atoms with van der Waals surface area (Å²) in [6.45, 7) is 0.986. The van der Waals surface area contributed by atoms with E-state index in [1.165, 1.54) is 6.92 Å². The van der Waals surface area contributed by atoms with Crippen LogP contribution in [0.3, 0.4) is 0 Å². The van der Waals surface area contributed by atoms with E-state index in [0.717, 1.165) is 0 Å². The number of amides is 1. The minimum Gasteiger partial charge on any atom is -0.388 e. The Morgan fingerprint density at radius 3 is 2.68 bits per heavy atom. The predicted molar refractivity (Wildman–Crippen MR) is 61.4 cm³/mol. The third-order valence-corrected chi connectivity index (χ3v) is 2.59. The lowest BCUT2D eigenvalue weighted by atomic mass is 10.0. The molecule has 1 fully saturated rings. The number of ether oxygens (including phenoxy) is 1. The first-order chi connectivity index (χ1) is 9.01. The van der Waals surface area contributed by atoms with Crippen LogP contribution in [0.2, 0.25) is 0 Å². The molecule has 104 valence electrons. The number of nitrogens with zero attached hydrogens (tertiary/aromatic N) is 6. The van der Waals surface area contributed by atoms with Gasteiger partial charge < -0.3 is 20.3 Å². The van der Waals surface area contributed by atoms with E-state index in [4.69, 9.17) is 15.8 Å². The predicted octanol–water partition coefficient (Wildman–Crippen LogP) is -0.442. The molecule has 11 nitrogen and oxygen atoms in total. The maximum Gasteiger partial charge on any atom is 0.217 e. The Morgan fingerprint density at radius 1 is 1.47 bits per heavy atom. The number of aliphatic hydroxyl groups excluding tert-OH is 2. The van der Waals surface area contributed by atoms with Gasteiger partial charge in [-0.1, -0.05) is 10.2 Å². The number of hydrogen-bond donors (Lipinski definition) is 3. The lowest BCUT2D eigenvalue weighted by Crippen LogP contribution is -2.48. The van der Waals surface area contributed by atoms with Gasteiger partial charge >= 0.3 is 0 Å². The average Bonchev–Trinajstić information content (AvgIpc) is 2.62. The van der Waals surface area contributed by atoms with Crippen molar-refractivity contribution < 1.29 is 19.7 Å². The average molecular weight is 271 g/mol. The van der Waals surface area contributed by atoms with Gasteiger partial charge in [0.1, 0.15) is 12.1 Å². The first-order valence-electron chi connectivity index (χ1n) is 5.35. The van der Waals surface area contributed by atoms with E-state index in [1.54, 1.807) is 0 Å². The highest BCUT2D eigenvalue weighted by molar-refractivity contribution is 5.73. The van der Waals surface area contributed by atoms with Crippen LogP contribution in [0.15, 0.2) is 10.2 Å². The SMILES string of the molecule is CC(=O)N[C@@H]1C(O)[C@@H](C(CN=[N+]=[N-])N=[N+]=[N-])O[C@@H]1O. The Morgan fingerprint density at radius 2 is 2.16 bits per heavy atom. The highest BCUT2D eigenvalue weighted by atomic mass is 16.6. The van der Waals surface area contributed by atoms with E-state index < -0.39 is 36.5 Å². The molecular weight excluding hydrogens is 258 g/mol. The van der Waals surface area contributed by atoms with Crippen LogP contribution < -0.4 is 5.32 Å². The summed E-state index contributed by atoms with van der Waals surface area (Å²) in [6, 6.07) is -2.02. The summed E-state index contributed by atoms with van der Waals surface area (Å²) >= 11 is 0. The first kappa shape index (κ1) is 15.0. The molecule has 0 aromatic rings. The monoisotopic (exact) mass is 271 g/mol. The number of hydrogen-bond acceptors (Lipinski definition) is 6. The minimum atomic E-state index is -1.44. The van der Waals surface area contributed by atoms with E-state index in [0.29, 0.717) is 0 Å². The topological polar surface area (TPSA) is 176 Å². The highest BCUT2D eigenvalue weighted by Gasteiger charge is 2.46. The summed E-state index contributed by atoms with van der Waals surface area (Å²) in [5, 5.41) is 28.4. The quantitative estimate of drug-likeness (QED) is 0.349. The summed E-state index contributed by atoms with van der Waals surface area (Å²) in [4.78, 5) is 16.0. The summed E-state index contributed by atoms with van der Waals surface area (Å²) in [5.41, 5.74) is 16.6. The van der Waals surface area contributed by atoms with Crippen LogP contribution in [0.25, 0.3) is 20.9 Å². The van der Waals surface area contributed by atoms with Gasteiger partial charge in [-0.15, -0.1) is 0 Å². The fraction of sp³-hybridized carbons (Fsp3) is 0.875. The number of rotatable bonds is 5. The molecular formula is C8H13N7O4. The molecule has 3 N–H and O–H groups in total. The fourth-order valence-electron chi connectivity index (χ4n) is 1.80. The smallest absolute Gasteiger partial charge is 0.217 e. The van der Waals surface area contributed by atoms with Gasteiger partial charge in [0.25, 0.3) is 0 Å². The van der Waals surface area contributed by atoms with Crippen LogP contribution in [0.1, 0.15) is 6.92 Å². The normalized spacial score (nSPS) is 30.9. The van der Waals surface area contributed by atoms with E-state index in [9.17, 15) is 15.0 Å². The zero-order valence-corrected chi connectivity index (χ0v) is 9.99. The molecule has 1 amide bonds. The molecule has 1 aliphatic heterocycles. The van der Waals surface area contributed by atoms with Crippen molar-refractivity contribution in [2.75, 3.05) is 6.54 Å². The zero-order chi connectivity index (χ0) is 14.4. The van der Waals surface area contributed by atoms with Gasteiger partial charge in [-0.05, 0) is 11.1 Å². The molecule has 19 heavy (non-hydrogen) atoms. The molecule has 0 aromatic heterocycles. The maximum absolute atomic E-state index is 10.9. The Bertz CT molecular complexity index is 431. The van der Waals surface area contributed by atoms with Crippen LogP contribution in [0, 0.1) is 0 Å². The molecule has 0 aliphatic carbocycles. The molecule has 1 rings (SSSR count). The van der Waals surface area contributed by atoms with Gasteiger partial charge in [-0.25, -0.2) is 0 Å². The summed E-state index contributed by atoms with van der Waals surface area (Å²) in [5.74, 6) is -0.456. The molecule has 1 heterocycles. The number of carbonyl (C=O) groups excluding carboxylic acids is 1. The van der Waals surface area contributed by atoms with E-state index in [2.05, 4.69) is 25.4 Å². The van der Waals surface area contributed by atoms with E-state index in [1.807, 2.05) is 0 Å².